The van der Waals surface area contributed by atoms with Crippen LogP contribution in [0.3, 0.4) is 0 Å². The van der Waals surface area contributed by atoms with E-state index in [2.05, 4.69) is 4.72 Å². The molecule has 0 aliphatic carbocycles. The Morgan fingerprint density at radius 2 is 1.44 bits per heavy atom. The quantitative estimate of drug-likeness (QED) is 0.321. The van der Waals surface area contributed by atoms with Crippen LogP contribution in [0.15, 0.2) is 76.5 Å². The van der Waals surface area contributed by atoms with Crippen molar-refractivity contribution in [3.05, 3.63) is 76.8 Å². The van der Waals surface area contributed by atoms with Gasteiger partial charge in [0.1, 0.15) is 11.5 Å². The van der Waals surface area contributed by atoms with Crippen molar-refractivity contribution >= 4 is 31.4 Å². The molecule has 1 saturated heterocycles. The van der Waals surface area contributed by atoms with E-state index in [0.29, 0.717) is 24.5 Å². The molecule has 11 nitrogen and oxygen atoms in total. The van der Waals surface area contributed by atoms with Crippen LogP contribution in [-0.2, 0) is 20.0 Å². The van der Waals surface area contributed by atoms with Crippen LogP contribution in [0.25, 0.3) is 0 Å². The van der Waals surface area contributed by atoms with Crippen molar-refractivity contribution in [2.75, 3.05) is 24.9 Å². The molecule has 0 bridgehead atoms. The number of rotatable bonds is 9. The molecule has 190 valence electrons. The van der Waals surface area contributed by atoms with Gasteiger partial charge in [0.05, 0.1) is 21.8 Å². The standard InChI is InChI=1S/C23H23N3O8S2/c1-33-18-6-4-17(5-7-18)24-35(29,30)20-10-8-19(9-11-20)34-23-13-12-21(16-22(23)26(27)28)36(31,32)25-14-2-3-15-25/h4-13,16,24H,2-3,14-15H2,1H3. The molecule has 1 heterocycles. The Hall–Kier alpha value is -3.68. The smallest absolute Gasteiger partial charge is 0.312 e. The van der Waals surface area contributed by atoms with Gasteiger partial charge in [-0.3, -0.25) is 14.8 Å². The van der Waals surface area contributed by atoms with E-state index in [9.17, 15) is 26.9 Å². The molecule has 1 aliphatic heterocycles. The lowest BCUT2D eigenvalue weighted by Crippen LogP contribution is -2.27. The highest BCUT2D eigenvalue weighted by Gasteiger charge is 2.30. The minimum atomic E-state index is -3.90. The van der Waals surface area contributed by atoms with Crippen molar-refractivity contribution in [2.24, 2.45) is 0 Å². The maximum Gasteiger partial charge on any atom is 0.312 e. The Balaban J connectivity index is 1.53. The summed E-state index contributed by atoms with van der Waals surface area (Å²) in [6.07, 6.45) is 1.48. The van der Waals surface area contributed by atoms with Gasteiger partial charge in [-0.25, -0.2) is 16.8 Å². The third kappa shape index (κ3) is 5.42. The van der Waals surface area contributed by atoms with E-state index in [1.807, 2.05) is 0 Å². The second kappa shape index (κ2) is 10.1. The van der Waals surface area contributed by atoms with Crippen LogP contribution in [0.5, 0.6) is 17.2 Å². The van der Waals surface area contributed by atoms with Gasteiger partial charge in [-0.15, -0.1) is 0 Å². The lowest BCUT2D eigenvalue weighted by Gasteiger charge is -2.16. The van der Waals surface area contributed by atoms with Gasteiger partial charge in [0.15, 0.2) is 0 Å². The van der Waals surface area contributed by atoms with Crippen molar-refractivity contribution in [3.8, 4) is 17.2 Å². The first-order valence-electron chi connectivity index (χ1n) is 10.8. The van der Waals surface area contributed by atoms with Crippen molar-refractivity contribution in [1.29, 1.82) is 0 Å². The minimum Gasteiger partial charge on any atom is -0.497 e. The zero-order chi connectivity index (χ0) is 25.9. The van der Waals surface area contributed by atoms with Gasteiger partial charge >= 0.3 is 5.69 Å². The summed E-state index contributed by atoms with van der Waals surface area (Å²) < 4.78 is 65.3. The first-order chi connectivity index (χ1) is 17.1. The SMILES string of the molecule is COc1ccc(NS(=O)(=O)c2ccc(Oc3ccc(S(=O)(=O)N4CCCC4)cc3[N+](=O)[O-])cc2)cc1. The molecule has 0 saturated carbocycles. The highest BCUT2D eigenvalue weighted by molar-refractivity contribution is 7.92. The summed E-state index contributed by atoms with van der Waals surface area (Å²) in [4.78, 5) is 10.7. The number of nitro benzene ring substituents is 1. The molecule has 1 fully saturated rings. The van der Waals surface area contributed by atoms with Gasteiger partial charge in [-0.05, 0) is 73.5 Å². The molecular weight excluding hydrogens is 510 g/mol. The van der Waals surface area contributed by atoms with Gasteiger partial charge in [-0.1, -0.05) is 0 Å². The highest BCUT2D eigenvalue weighted by atomic mass is 32.2. The Morgan fingerprint density at radius 3 is 2.03 bits per heavy atom. The predicted octanol–water partition coefficient (Wildman–Crippen LogP) is 3.98. The fraction of sp³-hybridized carbons (Fsp3) is 0.217. The molecule has 0 aromatic heterocycles. The van der Waals surface area contributed by atoms with Gasteiger partial charge < -0.3 is 9.47 Å². The summed E-state index contributed by atoms with van der Waals surface area (Å²) in [7, 11) is -6.24. The number of nitrogens with zero attached hydrogens (tertiary/aromatic N) is 2. The number of anilines is 1. The van der Waals surface area contributed by atoms with Crippen LogP contribution in [0, 0.1) is 10.1 Å². The molecule has 0 amide bonds. The van der Waals surface area contributed by atoms with E-state index in [1.165, 1.54) is 47.8 Å². The molecule has 1 N–H and O–H groups in total. The van der Waals surface area contributed by atoms with Crippen LogP contribution in [0.4, 0.5) is 11.4 Å². The molecular formula is C23H23N3O8S2. The van der Waals surface area contributed by atoms with Gasteiger partial charge in [0, 0.05) is 24.8 Å². The van der Waals surface area contributed by atoms with E-state index in [-0.39, 0.29) is 21.3 Å². The number of ether oxygens (including phenoxy) is 2. The van der Waals surface area contributed by atoms with Gasteiger partial charge in [-0.2, -0.15) is 4.31 Å². The van der Waals surface area contributed by atoms with E-state index in [1.54, 1.807) is 24.3 Å². The number of hydrogen-bond donors (Lipinski definition) is 1. The third-order valence-corrected chi connectivity index (χ3v) is 8.83. The van der Waals surface area contributed by atoms with Crippen molar-refractivity contribution in [2.45, 2.75) is 22.6 Å². The number of methoxy groups -OCH3 is 1. The van der Waals surface area contributed by atoms with Crippen LogP contribution in [0.2, 0.25) is 0 Å². The molecule has 4 rings (SSSR count). The lowest BCUT2D eigenvalue weighted by molar-refractivity contribution is -0.385. The second-order valence-corrected chi connectivity index (χ2v) is 11.5. The van der Waals surface area contributed by atoms with E-state index >= 15 is 0 Å². The number of nitro groups is 1. The van der Waals surface area contributed by atoms with Crippen LogP contribution < -0.4 is 14.2 Å². The third-order valence-electron chi connectivity index (χ3n) is 5.53. The summed E-state index contributed by atoms with van der Waals surface area (Å²) in [5.41, 5.74) is -0.177. The number of sulfonamides is 2. The van der Waals surface area contributed by atoms with E-state index in [4.69, 9.17) is 9.47 Å². The highest BCUT2D eigenvalue weighted by Crippen LogP contribution is 2.35. The van der Waals surface area contributed by atoms with Crippen LogP contribution >= 0.6 is 0 Å². The topological polar surface area (TPSA) is 145 Å². The Labute approximate surface area is 208 Å². The number of hydrogen-bond acceptors (Lipinski definition) is 8. The molecule has 1 aliphatic rings. The Kier molecular flexibility index (Phi) is 7.15. The maximum atomic E-state index is 12.8. The van der Waals surface area contributed by atoms with Crippen LogP contribution in [0.1, 0.15) is 12.8 Å². The molecule has 0 radical (unpaired) electrons. The molecule has 0 unspecified atom stereocenters. The predicted molar refractivity (Wildman–Crippen MR) is 131 cm³/mol. The van der Waals surface area contributed by atoms with E-state index in [0.717, 1.165) is 18.9 Å². The average Bonchev–Trinajstić information content (AvgIpc) is 3.41. The molecule has 13 heteroatoms. The average molecular weight is 534 g/mol. The van der Waals surface area contributed by atoms with Crippen LogP contribution in [-0.4, -0.2) is 46.3 Å². The minimum absolute atomic E-state index is 0.0489. The summed E-state index contributed by atoms with van der Waals surface area (Å²) in [5.74, 6) is 0.541. The van der Waals surface area contributed by atoms with Crippen molar-refractivity contribution in [3.63, 3.8) is 0 Å². The summed E-state index contributed by atoms with van der Waals surface area (Å²) in [6.45, 7) is 0.744. The lowest BCUT2D eigenvalue weighted by atomic mass is 10.3. The second-order valence-electron chi connectivity index (χ2n) is 7.91. The van der Waals surface area contributed by atoms with Gasteiger partial charge in [0.25, 0.3) is 10.0 Å². The number of benzene rings is 3. The zero-order valence-electron chi connectivity index (χ0n) is 19.2. The maximum absolute atomic E-state index is 12.8. The number of nitrogens with one attached hydrogen (secondary N) is 1. The normalized spacial score (nSPS) is 14.4. The van der Waals surface area contributed by atoms with Crippen molar-refractivity contribution < 1.29 is 31.2 Å². The Bertz CT molecular complexity index is 1470. The summed E-state index contributed by atoms with van der Waals surface area (Å²) in [5, 5.41) is 11.6. The molecule has 3 aromatic carbocycles. The Morgan fingerprint density at radius 1 is 0.861 bits per heavy atom. The summed E-state index contributed by atoms with van der Waals surface area (Å²) in [6, 6.07) is 15.1. The zero-order valence-corrected chi connectivity index (χ0v) is 20.8. The molecule has 36 heavy (non-hydrogen) atoms. The fourth-order valence-corrected chi connectivity index (χ4v) is 6.25. The molecule has 3 aromatic rings. The monoisotopic (exact) mass is 533 g/mol. The fourth-order valence-electron chi connectivity index (χ4n) is 3.65. The summed E-state index contributed by atoms with van der Waals surface area (Å²) >= 11 is 0. The first kappa shape index (κ1) is 25.4. The molecule has 0 spiro atoms. The first-order valence-corrected chi connectivity index (χ1v) is 13.8. The van der Waals surface area contributed by atoms with E-state index < -0.39 is 30.7 Å². The molecule has 0 atom stereocenters. The van der Waals surface area contributed by atoms with Gasteiger partial charge in [0.2, 0.25) is 15.8 Å². The van der Waals surface area contributed by atoms with Crippen molar-refractivity contribution in [1.82, 2.24) is 4.31 Å². The largest absolute Gasteiger partial charge is 0.497 e.